The number of rotatable bonds is 5. The minimum atomic E-state index is -0.755. The Balaban J connectivity index is 1.42. The van der Waals surface area contributed by atoms with Crippen molar-refractivity contribution in [2.24, 2.45) is 5.92 Å². The first-order chi connectivity index (χ1) is 17.0. The van der Waals surface area contributed by atoms with E-state index in [1.54, 1.807) is 23.0 Å². The first kappa shape index (κ1) is 22.0. The molecule has 35 heavy (non-hydrogen) atoms. The van der Waals surface area contributed by atoms with E-state index in [0.717, 1.165) is 36.8 Å². The number of nitrogens with zero attached hydrogens (tertiary/aromatic N) is 5. The van der Waals surface area contributed by atoms with Gasteiger partial charge in [0.05, 0.1) is 23.9 Å². The molecule has 1 aliphatic carbocycles. The number of hydrogen-bond acceptors (Lipinski definition) is 6. The number of hydrogen-bond donors (Lipinski definition) is 1. The van der Waals surface area contributed by atoms with E-state index in [-0.39, 0.29) is 22.9 Å². The number of anilines is 1. The summed E-state index contributed by atoms with van der Waals surface area (Å²) in [5.74, 6) is 0.974. The van der Waals surface area contributed by atoms with Gasteiger partial charge in [-0.15, -0.1) is 0 Å². The summed E-state index contributed by atoms with van der Waals surface area (Å²) in [5.41, 5.74) is 1.75. The van der Waals surface area contributed by atoms with E-state index in [0.29, 0.717) is 37.8 Å². The molecular weight excluding hydrogens is 442 g/mol. The molecular formula is C27H29N5O3. The number of aromatic nitrogens is 3. The van der Waals surface area contributed by atoms with E-state index < -0.39 is 6.10 Å². The molecule has 0 radical (unpaired) electrons. The van der Waals surface area contributed by atoms with Crippen LogP contribution in [0.3, 0.4) is 0 Å². The Morgan fingerprint density at radius 3 is 2.57 bits per heavy atom. The smallest absolute Gasteiger partial charge is 0.255 e. The van der Waals surface area contributed by atoms with Gasteiger partial charge >= 0.3 is 0 Å². The van der Waals surface area contributed by atoms with Gasteiger partial charge in [0, 0.05) is 49.6 Å². The van der Waals surface area contributed by atoms with Gasteiger partial charge in [-0.2, -0.15) is 0 Å². The summed E-state index contributed by atoms with van der Waals surface area (Å²) < 4.78 is 1.71. The number of β-amino-alcohol motifs (C(OH)–C–C–N with tert-alkyl or cyclic N) is 1. The van der Waals surface area contributed by atoms with E-state index in [1.807, 2.05) is 47.4 Å². The van der Waals surface area contributed by atoms with Crippen molar-refractivity contribution in [3.05, 3.63) is 76.8 Å². The highest BCUT2D eigenvalue weighted by molar-refractivity contribution is 5.81. The molecule has 0 bridgehead atoms. The fourth-order valence-electron chi connectivity index (χ4n) is 5.53. The highest BCUT2D eigenvalue weighted by atomic mass is 16.3. The number of amides is 1. The normalized spacial score (nSPS) is 22.3. The lowest BCUT2D eigenvalue weighted by Gasteiger charge is -2.47. The van der Waals surface area contributed by atoms with Crippen LogP contribution < -0.4 is 10.5 Å². The summed E-state index contributed by atoms with van der Waals surface area (Å²) in [6.45, 7) is 2.13. The lowest BCUT2D eigenvalue weighted by Crippen LogP contribution is -2.58. The average Bonchev–Trinajstić information content (AvgIpc) is 3.66. The molecule has 2 atom stereocenters. The Hall–Kier alpha value is -3.52. The molecule has 1 spiro atoms. The number of benzene rings is 1. The number of carbonyl (C=O) groups excluding carboxylic acids is 1. The summed E-state index contributed by atoms with van der Waals surface area (Å²) in [7, 11) is 0. The highest BCUT2D eigenvalue weighted by Gasteiger charge is 2.50. The monoisotopic (exact) mass is 471 g/mol. The Kier molecular flexibility index (Phi) is 5.40. The molecule has 2 aliphatic heterocycles. The van der Waals surface area contributed by atoms with Crippen LogP contribution in [0.1, 0.15) is 37.4 Å². The van der Waals surface area contributed by atoms with Crippen LogP contribution in [0.5, 0.6) is 0 Å². The number of likely N-dealkylation sites (tertiary alicyclic amines) is 1. The zero-order valence-electron chi connectivity index (χ0n) is 19.6. The molecule has 3 aliphatic rings. The second-order valence-corrected chi connectivity index (χ2v) is 9.96. The Labute approximate surface area is 203 Å². The van der Waals surface area contributed by atoms with Crippen LogP contribution >= 0.6 is 0 Å². The van der Waals surface area contributed by atoms with E-state index in [2.05, 4.69) is 9.88 Å². The molecule has 1 N–H and O–H groups in total. The van der Waals surface area contributed by atoms with Crippen LogP contribution in [0.4, 0.5) is 5.95 Å². The predicted octanol–water partition coefficient (Wildman–Crippen LogP) is 2.63. The third-order valence-corrected chi connectivity index (χ3v) is 7.69. The molecule has 1 saturated heterocycles. The summed E-state index contributed by atoms with van der Waals surface area (Å²) >= 11 is 0. The van der Waals surface area contributed by atoms with E-state index in [1.165, 1.54) is 0 Å². The largest absolute Gasteiger partial charge is 0.387 e. The fourth-order valence-corrected chi connectivity index (χ4v) is 5.53. The summed E-state index contributed by atoms with van der Waals surface area (Å²) in [6, 6.07) is 14.8. The van der Waals surface area contributed by atoms with E-state index >= 15 is 0 Å². The molecule has 180 valence electrons. The third-order valence-electron chi connectivity index (χ3n) is 7.69. The van der Waals surface area contributed by atoms with Gasteiger partial charge in [0.1, 0.15) is 0 Å². The molecule has 6 rings (SSSR count). The van der Waals surface area contributed by atoms with Crippen molar-refractivity contribution in [2.45, 2.75) is 43.9 Å². The number of aliphatic hydroxyl groups excluding tert-OH is 1. The van der Waals surface area contributed by atoms with Crippen molar-refractivity contribution in [3.8, 4) is 11.3 Å². The Morgan fingerprint density at radius 2 is 1.83 bits per heavy atom. The topological polar surface area (TPSA) is 91.6 Å². The Bertz CT molecular complexity index is 1290. The minimum Gasteiger partial charge on any atom is -0.387 e. The molecule has 8 nitrogen and oxygen atoms in total. The molecule has 2 fully saturated rings. The summed E-state index contributed by atoms with van der Waals surface area (Å²) in [6.07, 6.45) is 6.10. The molecule has 1 unspecified atom stereocenters. The zero-order chi connectivity index (χ0) is 24.0. The van der Waals surface area contributed by atoms with Crippen molar-refractivity contribution in [2.75, 3.05) is 24.5 Å². The quantitative estimate of drug-likeness (QED) is 0.615. The molecule has 2 aromatic heterocycles. The van der Waals surface area contributed by atoms with Gasteiger partial charge in [0.15, 0.2) is 0 Å². The second-order valence-electron chi connectivity index (χ2n) is 9.96. The standard InChI is InChI=1S/C27H29N5O3/c33-23(20-4-2-1-3-5-20)17-32-26-29-22(19-8-12-28-13-9-19)16-24(34)31(26)15-11-27(32)10-14-30(18-27)25(35)21-6-7-21/h1-5,8-9,12-13,16,21,23,33H,6-7,10-11,14-15,17-18H2/t23-,27?/m0/s1. The van der Waals surface area contributed by atoms with Crippen LogP contribution in [-0.4, -0.2) is 55.6 Å². The average molecular weight is 472 g/mol. The number of aliphatic hydroxyl groups is 1. The van der Waals surface area contributed by atoms with E-state index in [4.69, 9.17) is 4.98 Å². The third kappa shape index (κ3) is 4.01. The first-order valence-corrected chi connectivity index (χ1v) is 12.4. The van der Waals surface area contributed by atoms with Crippen LogP contribution in [0, 0.1) is 5.92 Å². The second kappa shape index (κ2) is 8.61. The number of fused-ring (bicyclic) bond motifs is 1. The van der Waals surface area contributed by atoms with Gasteiger partial charge in [-0.05, 0) is 43.4 Å². The molecule has 1 aromatic carbocycles. The molecule has 3 aromatic rings. The van der Waals surface area contributed by atoms with Crippen molar-refractivity contribution in [1.29, 1.82) is 0 Å². The van der Waals surface area contributed by atoms with Crippen molar-refractivity contribution in [3.63, 3.8) is 0 Å². The SMILES string of the molecule is O=C(C1CC1)N1CCC2(CCn3c(nc(-c4ccncc4)cc3=O)N2C[C@H](O)c2ccccc2)C1. The van der Waals surface area contributed by atoms with Gasteiger partial charge in [-0.25, -0.2) is 4.98 Å². The van der Waals surface area contributed by atoms with Gasteiger partial charge in [0.25, 0.3) is 5.56 Å². The molecule has 4 heterocycles. The number of carbonyl (C=O) groups is 1. The van der Waals surface area contributed by atoms with E-state index in [9.17, 15) is 14.7 Å². The van der Waals surface area contributed by atoms with Gasteiger partial charge in [-0.1, -0.05) is 30.3 Å². The first-order valence-electron chi connectivity index (χ1n) is 12.4. The summed E-state index contributed by atoms with van der Waals surface area (Å²) in [4.78, 5) is 39.2. The molecule has 1 amide bonds. The Morgan fingerprint density at radius 1 is 1.09 bits per heavy atom. The van der Waals surface area contributed by atoms with Crippen LogP contribution in [0.2, 0.25) is 0 Å². The zero-order valence-corrected chi connectivity index (χ0v) is 19.6. The fraction of sp³-hybridized carbons (Fsp3) is 0.407. The lowest BCUT2D eigenvalue weighted by atomic mass is 9.89. The van der Waals surface area contributed by atoms with Crippen LogP contribution in [-0.2, 0) is 11.3 Å². The molecule has 8 heteroatoms. The highest BCUT2D eigenvalue weighted by Crippen LogP contribution is 2.41. The predicted molar refractivity (Wildman–Crippen MR) is 132 cm³/mol. The van der Waals surface area contributed by atoms with Crippen molar-refractivity contribution >= 4 is 11.9 Å². The molecule has 1 saturated carbocycles. The summed E-state index contributed by atoms with van der Waals surface area (Å²) in [5, 5.41) is 11.2. The number of pyridine rings is 1. The van der Waals surface area contributed by atoms with Crippen molar-refractivity contribution < 1.29 is 9.90 Å². The minimum absolute atomic E-state index is 0.111. The van der Waals surface area contributed by atoms with Crippen LogP contribution in [0.25, 0.3) is 11.3 Å². The maximum atomic E-state index is 13.2. The van der Waals surface area contributed by atoms with Gasteiger partial charge in [-0.3, -0.25) is 19.1 Å². The van der Waals surface area contributed by atoms with Crippen LogP contribution in [0.15, 0.2) is 65.7 Å². The maximum absolute atomic E-state index is 13.2. The maximum Gasteiger partial charge on any atom is 0.255 e. The van der Waals surface area contributed by atoms with Gasteiger partial charge in [0.2, 0.25) is 11.9 Å². The van der Waals surface area contributed by atoms with Gasteiger partial charge < -0.3 is 14.9 Å². The van der Waals surface area contributed by atoms with Crippen molar-refractivity contribution in [1.82, 2.24) is 19.4 Å². The lowest BCUT2D eigenvalue weighted by molar-refractivity contribution is -0.131.